The normalized spacial score (nSPS) is 10.7. The zero-order valence-corrected chi connectivity index (χ0v) is 6.97. The molecule has 0 aliphatic heterocycles. The maximum absolute atomic E-state index is 8.18. The summed E-state index contributed by atoms with van der Waals surface area (Å²) in [5.74, 6) is 0. The Balaban J connectivity index is 3.08. The molecule has 0 heterocycles. The van der Waals surface area contributed by atoms with E-state index in [2.05, 4.69) is 5.16 Å². The second-order valence-electron chi connectivity index (χ2n) is 1.95. The number of oxime groups is 1. The molecule has 0 aliphatic rings. The summed E-state index contributed by atoms with van der Waals surface area (Å²) in [5, 5.41) is 12.1. The molecular formula is C7H5Cl2NO. The third-order valence-corrected chi connectivity index (χ3v) is 1.53. The van der Waals surface area contributed by atoms with Crippen molar-refractivity contribution < 1.29 is 5.21 Å². The number of hydrogen-bond donors (Lipinski definition) is 1. The molecule has 0 radical (unpaired) electrons. The predicted molar refractivity (Wildman–Crippen MR) is 45.8 cm³/mol. The highest BCUT2D eigenvalue weighted by Crippen LogP contribution is 2.17. The summed E-state index contributed by atoms with van der Waals surface area (Å²) >= 11 is 11.3. The standard InChI is InChI=1S/C7H5Cl2NO/c8-6-1-5(4-10-11)2-7(9)3-6/h1-4,11H/b10-4-. The molecule has 11 heavy (non-hydrogen) atoms. The van der Waals surface area contributed by atoms with Crippen molar-refractivity contribution in [2.45, 2.75) is 0 Å². The van der Waals surface area contributed by atoms with Gasteiger partial charge in [-0.1, -0.05) is 28.4 Å². The lowest BCUT2D eigenvalue weighted by Gasteiger charge is -1.94. The van der Waals surface area contributed by atoms with Crippen molar-refractivity contribution in [2.24, 2.45) is 5.16 Å². The van der Waals surface area contributed by atoms with Gasteiger partial charge in [-0.25, -0.2) is 0 Å². The van der Waals surface area contributed by atoms with E-state index in [1.54, 1.807) is 18.2 Å². The van der Waals surface area contributed by atoms with Crippen LogP contribution in [0.3, 0.4) is 0 Å². The quantitative estimate of drug-likeness (QED) is 0.412. The van der Waals surface area contributed by atoms with Gasteiger partial charge in [0.2, 0.25) is 0 Å². The Kier molecular flexibility index (Phi) is 2.74. The van der Waals surface area contributed by atoms with Crippen LogP contribution in [0.2, 0.25) is 10.0 Å². The summed E-state index contributed by atoms with van der Waals surface area (Å²) in [6, 6.07) is 4.90. The summed E-state index contributed by atoms with van der Waals surface area (Å²) in [7, 11) is 0. The van der Waals surface area contributed by atoms with Gasteiger partial charge in [0, 0.05) is 10.0 Å². The van der Waals surface area contributed by atoms with Crippen LogP contribution in [0, 0.1) is 0 Å². The lowest BCUT2D eigenvalue weighted by Crippen LogP contribution is -1.80. The second kappa shape index (κ2) is 3.60. The molecule has 1 aromatic carbocycles. The lowest BCUT2D eigenvalue weighted by molar-refractivity contribution is 0.322. The molecule has 0 amide bonds. The molecular weight excluding hydrogens is 185 g/mol. The Morgan fingerprint density at radius 2 is 1.73 bits per heavy atom. The third-order valence-electron chi connectivity index (χ3n) is 1.09. The van der Waals surface area contributed by atoms with E-state index in [1.165, 1.54) is 6.21 Å². The van der Waals surface area contributed by atoms with E-state index < -0.39 is 0 Å². The van der Waals surface area contributed by atoms with Crippen molar-refractivity contribution in [3.8, 4) is 0 Å². The van der Waals surface area contributed by atoms with E-state index in [0.29, 0.717) is 15.6 Å². The third kappa shape index (κ3) is 2.41. The largest absolute Gasteiger partial charge is 0.411 e. The summed E-state index contributed by atoms with van der Waals surface area (Å²) in [6.07, 6.45) is 1.26. The first-order valence-electron chi connectivity index (χ1n) is 2.86. The van der Waals surface area contributed by atoms with E-state index in [-0.39, 0.29) is 0 Å². The molecule has 0 saturated carbocycles. The van der Waals surface area contributed by atoms with Crippen molar-refractivity contribution in [2.75, 3.05) is 0 Å². The van der Waals surface area contributed by atoms with Gasteiger partial charge in [0.1, 0.15) is 0 Å². The van der Waals surface area contributed by atoms with E-state index >= 15 is 0 Å². The van der Waals surface area contributed by atoms with Crippen LogP contribution in [0.25, 0.3) is 0 Å². The van der Waals surface area contributed by atoms with E-state index in [0.717, 1.165) is 0 Å². The van der Waals surface area contributed by atoms with Gasteiger partial charge in [-0.15, -0.1) is 0 Å². The Hall–Kier alpha value is -0.730. The summed E-state index contributed by atoms with van der Waals surface area (Å²) in [6.45, 7) is 0. The Labute approximate surface area is 74.0 Å². The van der Waals surface area contributed by atoms with Gasteiger partial charge in [0.15, 0.2) is 0 Å². The molecule has 0 bridgehead atoms. The van der Waals surface area contributed by atoms with E-state index in [1.807, 2.05) is 0 Å². The van der Waals surface area contributed by atoms with Gasteiger partial charge in [0.05, 0.1) is 6.21 Å². The smallest absolute Gasteiger partial charge is 0.0734 e. The molecule has 0 aromatic heterocycles. The maximum Gasteiger partial charge on any atom is 0.0734 e. The van der Waals surface area contributed by atoms with Crippen LogP contribution in [0.1, 0.15) is 5.56 Å². The van der Waals surface area contributed by atoms with Crippen LogP contribution in [-0.4, -0.2) is 11.4 Å². The average Bonchev–Trinajstić information content (AvgIpc) is 1.85. The van der Waals surface area contributed by atoms with Gasteiger partial charge < -0.3 is 5.21 Å². The van der Waals surface area contributed by atoms with Gasteiger partial charge >= 0.3 is 0 Å². The monoisotopic (exact) mass is 189 g/mol. The SMILES string of the molecule is O/N=C\c1cc(Cl)cc(Cl)c1. The van der Waals surface area contributed by atoms with Crippen LogP contribution >= 0.6 is 23.2 Å². The number of nitrogens with zero attached hydrogens (tertiary/aromatic N) is 1. The summed E-state index contributed by atoms with van der Waals surface area (Å²) < 4.78 is 0. The molecule has 2 nitrogen and oxygen atoms in total. The molecule has 0 aliphatic carbocycles. The van der Waals surface area contributed by atoms with E-state index in [4.69, 9.17) is 28.4 Å². The van der Waals surface area contributed by atoms with Crippen molar-refractivity contribution in [3.05, 3.63) is 33.8 Å². The first-order valence-corrected chi connectivity index (χ1v) is 3.61. The summed E-state index contributed by atoms with van der Waals surface area (Å²) in [5.41, 5.74) is 0.671. The fraction of sp³-hybridized carbons (Fsp3) is 0. The first kappa shape index (κ1) is 8.37. The summed E-state index contributed by atoms with van der Waals surface area (Å²) in [4.78, 5) is 0. The van der Waals surface area contributed by atoms with Gasteiger partial charge in [-0.2, -0.15) is 0 Å². The van der Waals surface area contributed by atoms with Gasteiger partial charge in [0.25, 0.3) is 0 Å². The molecule has 1 rings (SSSR count). The van der Waals surface area contributed by atoms with Crippen LogP contribution < -0.4 is 0 Å². The molecule has 0 spiro atoms. The Morgan fingerprint density at radius 1 is 1.18 bits per heavy atom. The molecule has 0 unspecified atom stereocenters. The van der Waals surface area contributed by atoms with Crippen molar-refractivity contribution >= 4 is 29.4 Å². The molecule has 1 aromatic rings. The number of hydrogen-bond acceptors (Lipinski definition) is 2. The number of rotatable bonds is 1. The Bertz CT molecular complexity index is 266. The number of halogens is 2. The molecule has 58 valence electrons. The van der Waals surface area contributed by atoms with E-state index in [9.17, 15) is 0 Å². The van der Waals surface area contributed by atoms with Gasteiger partial charge in [-0.3, -0.25) is 0 Å². The molecule has 1 N–H and O–H groups in total. The number of benzene rings is 1. The van der Waals surface area contributed by atoms with Gasteiger partial charge in [-0.05, 0) is 23.8 Å². The fourth-order valence-electron chi connectivity index (χ4n) is 0.716. The fourth-order valence-corrected chi connectivity index (χ4v) is 1.26. The minimum Gasteiger partial charge on any atom is -0.411 e. The second-order valence-corrected chi connectivity index (χ2v) is 2.82. The van der Waals surface area contributed by atoms with Crippen LogP contribution in [0.15, 0.2) is 23.4 Å². The molecule has 4 heteroatoms. The van der Waals surface area contributed by atoms with Crippen molar-refractivity contribution in [3.63, 3.8) is 0 Å². The van der Waals surface area contributed by atoms with Crippen LogP contribution in [0.5, 0.6) is 0 Å². The van der Waals surface area contributed by atoms with Crippen molar-refractivity contribution in [1.29, 1.82) is 0 Å². The highest BCUT2D eigenvalue weighted by molar-refractivity contribution is 6.35. The van der Waals surface area contributed by atoms with Crippen LogP contribution in [0.4, 0.5) is 0 Å². The van der Waals surface area contributed by atoms with Crippen LogP contribution in [-0.2, 0) is 0 Å². The van der Waals surface area contributed by atoms with Crippen molar-refractivity contribution in [1.82, 2.24) is 0 Å². The predicted octanol–water partition coefficient (Wildman–Crippen LogP) is 2.80. The highest BCUT2D eigenvalue weighted by Gasteiger charge is 1.94. The highest BCUT2D eigenvalue weighted by atomic mass is 35.5. The minimum absolute atomic E-state index is 0.521. The topological polar surface area (TPSA) is 32.6 Å². The minimum atomic E-state index is 0.521. The molecule has 0 atom stereocenters. The zero-order valence-electron chi connectivity index (χ0n) is 5.46. The lowest BCUT2D eigenvalue weighted by atomic mass is 10.2. The zero-order chi connectivity index (χ0) is 8.27. The molecule has 0 saturated heterocycles. The first-order chi connectivity index (χ1) is 5.22. The molecule has 0 fully saturated rings. The average molecular weight is 190 g/mol. The maximum atomic E-state index is 8.18. The Morgan fingerprint density at radius 3 is 2.18 bits per heavy atom.